The van der Waals surface area contributed by atoms with Crippen molar-refractivity contribution in [2.45, 2.75) is 12.7 Å². The van der Waals surface area contributed by atoms with E-state index in [1.807, 2.05) is 12.1 Å². The Kier molecular flexibility index (Phi) is 6.30. The summed E-state index contributed by atoms with van der Waals surface area (Å²) in [5.74, 6) is 0.969. The second kappa shape index (κ2) is 8.22. The summed E-state index contributed by atoms with van der Waals surface area (Å²) in [4.78, 5) is 23.9. The second-order valence-corrected chi connectivity index (χ2v) is 7.29. The molecular weight excluding hydrogens is 340 g/mol. The molecule has 1 aromatic carbocycles. The van der Waals surface area contributed by atoms with Crippen LogP contribution in [0.1, 0.15) is 11.8 Å². The van der Waals surface area contributed by atoms with Crippen LogP contribution in [0.3, 0.4) is 0 Å². The fourth-order valence-corrected chi connectivity index (χ4v) is 3.74. The van der Waals surface area contributed by atoms with E-state index < -0.39 is 0 Å². The Hall–Kier alpha value is -1.50. The zero-order chi connectivity index (χ0) is 15.9. The van der Waals surface area contributed by atoms with Gasteiger partial charge in [0.25, 0.3) is 0 Å². The fourth-order valence-electron chi connectivity index (χ4n) is 1.71. The van der Waals surface area contributed by atoms with Crippen LogP contribution >= 0.6 is 34.7 Å². The number of halogens is 1. The fraction of sp³-hybridized carbons (Fsp3) is 0.200. The lowest BCUT2D eigenvalue weighted by Gasteiger charge is -2.06. The van der Waals surface area contributed by atoms with Gasteiger partial charge in [0.2, 0.25) is 11.8 Å². The van der Waals surface area contributed by atoms with Gasteiger partial charge in [-0.25, -0.2) is 0 Å². The van der Waals surface area contributed by atoms with Gasteiger partial charge in [0, 0.05) is 28.9 Å². The van der Waals surface area contributed by atoms with Crippen LogP contribution in [-0.4, -0.2) is 17.6 Å². The van der Waals surface area contributed by atoms with Gasteiger partial charge >= 0.3 is 0 Å². The lowest BCUT2D eigenvalue weighted by molar-refractivity contribution is -0.114. The Morgan fingerprint density at radius 1 is 1.09 bits per heavy atom. The van der Waals surface area contributed by atoms with Crippen LogP contribution in [0, 0.1) is 0 Å². The number of rotatable bonds is 6. The van der Waals surface area contributed by atoms with Crippen molar-refractivity contribution in [1.29, 1.82) is 0 Å². The summed E-state index contributed by atoms with van der Waals surface area (Å²) in [6, 6.07) is 10.8. The van der Waals surface area contributed by atoms with Gasteiger partial charge in [-0.2, -0.15) is 0 Å². The maximum Gasteiger partial charge on any atom is 0.234 e. The quantitative estimate of drug-likeness (QED) is 0.816. The number of amides is 2. The molecule has 22 heavy (non-hydrogen) atoms. The van der Waals surface area contributed by atoms with E-state index in [1.165, 1.54) is 18.3 Å². The summed E-state index contributed by atoms with van der Waals surface area (Å²) >= 11 is 8.93. The van der Waals surface area contributed by atoms with Crippen molar-refractivity contribution in [3.8, 4) is 0 Å². The van der Waals surface area contributed by atoms with Crippen molar-refractivity contribution in [2.24, 2.45) is 0 Å². The minimum absolute atomic E-state index is 0.0556. The lowest BCUT2D eigenvalue weighted by atomic mass is 10.3. The smallest absolute Gasteiger partial charge is 0.234 e. The van der Waals surface area contributed by atoms with E-state index in [-0.39, 0.29) is 11.8 Å². The topological polar surface area (TPSA) is 58.2 Å². The molecule has 2 aromatic rings. The second-order valence-electron chi connectivity index (χ2n) is 4.51. The highest BCUT2D eigenvalue weighted by Crippen LogP contribution is 2.25. The first-order chi connectivity index (χ1) is 10.5. The van der Waals surface area contributed by atoms with E-state index in [0.717, 1.165) is 15.0 Å². The number of hydrogen-bond acceptors (Lipinski definition) is 4. The predicted octanol–water partition coefficient (Wildman–Crippen LogP) is 4.23. The van der Waals surface area contributed by atoms with Crippen molar-refractivity contribution < 1.29 is 9.59 Å². The van der Waals surface area contributed by atoms with Gasteiger partial charge in [0.15, 0.2) is 0 Å². The van der Waals surface area contributed by atoms with Gasteiger partial charge in [0.1, 0.15) is 0 Å². The van der Waals surface area contributed by atoms with E-state index >= 15 is 0 Å². The Bertz CT molecular complexity index is 656. The Morgan fingerprint density at radius 3 is 2.27 bits per heavy atom. The summed E-state index contributed by atoms with van der Waals surface area (Å²) in [5, 5.41) is 5.49. The standard InChI is InChI=1S/C15H15ClN2O2S2/c1-10(19)17-11-2-4-12(5-3-11)18-15(20)9-21-8-13-6-7-14(16)22-13/h2-7H,8-9H2,1H3,(H,17,19)(H,18,20). The van der Waals surface area contributed by atoms with Gasteiger partial charge in [-0.1, -0.05) is 11.6 Å². The average Bonchev–Trinajstić information content (AvgIpc) is 2.86. The molecule has 1 heterocycles. The minimum atomic E-state index is -0.123. The molecule has 0 fully saturated rings. The zero-order valence-corrected chi connectivity index (χ0v) is 14.3. The summed E-state index contributed by atoms with van der Waals surface area (Å²) < 4.78 is 0.763. The van der Waals surface area contributed by atoms with Crippen molar-refractivity contribution >= 4 is 57.9 Å². The van der Waals surface area contributed by atoms with E-state index in [1.54, 1.807) is 36.0 Å². The van der Waals surface area contributed by atoms with E-state index in [2.05, 4.69) is 10.6 Å². The van der Waals surface area contributed by atoms with Gasteiger partial charge in [-0.3, -0.25) is 9.59 Å². The van der Waals surface area contributed by atoms with Crippen LogP contribution in [0.25, 0.3) is 0 Å². The molecule has 0 spiro atoms. The van der Waals surface area contributed by atoms with Gasteiger partial charge in [-0.15, -0.1) is 23.1 Å². The maximum absolute atomic E-state index is 11.8. The molecule has 0 aliphatic carbocycles. The number of carbonyl (C=O) groups is 2. The van der Waals surface area contributed by atoms with E-state index in [4.69, 9.17) is 11.6 Å². The monoisotopic (exact) mass is 354 g/mol. The Balaban J connectivity index is 1.75. The molecule has 1 aromatic heterocycles. The first-order valence-corrected chi connectivity index (χ1v) is 8.87. The van der Waals surface area contributed by atoms with E-state index in [9.17, 15) is 9.59 Å². The number of hydrogen-bond donors (Lipinski definition) is 2. The Morgan fingerprint density at radius 2 is 1.73 bits per heavy atom. The van der Waals surface area contributed by atoms with Crippen molar-refractivity contribution in [1.82, 2.24) is 0 Å². The van der Waals surface area contributed by atoms with Crippen LogP contribution < -0.4 is 10.6 Å². The Labute approximate surface area is 142 Å². The number of nitrogens with one attached hydrogen (secondary N) is 2. The molecule has 0 saturated carbocycles. The molecule has 0 atom stereocenters. The highest BCUT2D eigenvalue weighted by atomic mass is 35.5. The lowest BCUT2D eigenvalue weighted by Crippen LogP contribution is -2.14. The molecular formula is C15H15ClN2O2S2. The first-order valence-electron chi connectivity index (χ1n) is 6.52. The molecule has 0 aliphatic rings. The maximum atomic E-state index is 11.8. The molecule has 2 amide bonds. The van der Waals surface area contributed by atoms with Gasteiger partial charge in [0.05, 0.1) is 10.1 Å². The largest absolute Gasteiger partial charge is 0.326 e. The molecule has 4 nitrogen and oxygen atoms in total. The third-order valence-corrected chi connectivity index (χ3v) is 4.99. The SMILES string of the molecule is CC(=O)Nc1ccc(NC(=O)CSCc2ccc(Cl)s2)cc1. The summed E-state index contributed by atoms with van der Waals surface area (Å²) in [6.45, 7) is 1.45. The summed E-state index contributed by atoms with van der Waals surface area (Å²) in [7, 11) is 0. The molecule has 2 N–H and O–H groups in total. The zero-order valence-electron chi connectivity index (χ0n) is 11.9. The summed E-state index contributed by atoms with van der Waals surface area (Å²) in [5.41, 5.74) is 1.41. The number of thioether (sulfide) groups is 1. The third kappa shape index (κ3) is 5.71. The normalized spacial score (nSPS) is 10.3. The molecule has 7 heteroatoms. The first kappa shape index (κ1) is 16.9. The van der Waals surface area contributed by atoms with Crippen molar-refractivity contribution in [3.05, 3.63) is 45.6 Å². The van der Waals surface area contributed by atoms with Crippen LogP contribution in [0.5, 0.6) is 0 Å². The molecule has 0 saturated heterocycles. The highest BCUT2D eigenvalue weighted by Gasteiger charge is 2.05. The molecule has 0 radical (unpaired) electrons. The third-order valence-electron chi connectivity index (χ3n) is 2.60. The van der Waals surface area contributed by atoms with Gasteiger partial charge < -0.3 is 10.6 Å². The van der Waals surface area contributed by atoms with E-state index in [0.29, 0.717) is 17.1 Å². The predicted molar refractivity (Wildman–Crippen MR) is 94.9 cm³/mol. The van der Waals surface area contributed by atoms with Crippen molar-refractivity contribution in [3.63, 3.8) is 0 Å². The minimum Gasteiger partial charge on any atom is -0.326 e. The molecule has 116 valence electrons. The number of carbonyl (C=O) groups excluding carboxylic acids is 2. The van der Waals surface area contributed by atoms with Crippen molar-refractivity contribution in [2.75, 3.05) is 16.4 Å². The number of benzene rings is 1. The van der Waals surface area contributed by atoms with Crippen LogP contribution in [0.4, 0.5) is 11.4 Å². The van der Waals surface area contributed by atoms with Crippen LogP contribution in [-0.2, 0) is 15.3 Å². The van der Waals surface area contributed by atoms with Gasteiger partial charge in [-0.05, 0) is 36.4 Å². The molecule has 0 aliphatic heterocycles. The molecule has 0 bridgehead atoms. The molecule has 2 rings (SSSR count). The molecule has 0 unspecified atom stereocenters. The number of anilines is 2. The number of thiophene rings is 1. The van der Waals surface area contributed by atoms with Crippen LogP contribution in [0.2, 0.25) is 4.34 Å². The highest BCUT2D eigenvalue weighted by molar-refractivity contribution is 7.99. The average molecular weight is 355 g/mol. The van der Waals surface area contributed by atoms with Crippen LogP contribution in [0.15, 0.2) is 36.4 Å². The summed E-state index contributed by atoms with van der Waals surface area (Å²) in [6.07, 6.45) is 0.